The number of hydrogen-bond donors (Lipinski definition) is 3. The van der Waals surface area contributed by atoms with Gasteiger partial charge in [-0.1, -0.05) is 27.7 Å². The van der Waals surface area contributed by atoms with Crippen molar-refractivity contribution in [1.29, 1.82) is 0 Å². The number of methoxy groups -OCH3 is 1. The second-order valence-electron chi connectivity index (χ2n) is 7.03. The third kappa shape index (κ3) is 6.10. The number of carbonyl (C=O) groups excluding carboxylic acids is 1. The lowest BCUT2D eigenvalue weighted by molar-refractivity contribution is -0.322. The van der Waals surface area contributed by atoms with E-state index < -0.39 is 42.1 Å². The first-order chi connectivity index (χ1) is 12.8. The van der Waals surface area contributed by atoms with Crippen LogP contribution in [0, 0.1) is 5.92 Å². The van der Waals surface area contributed by atoms with Gasteiger partial charge in [0.05, 0.1) is 37.6 Å². The van der Waals surface area contributed by atoms with Gasteiger partial charge in [-0.2, -0.15) is 0 Å². The van der Waals surface area contributed by atoms with Crippen molar-refractivity contribution in [3.8, 4) is 0 Å². The lowest BCUT2D eigenvalue weighted by Gasteiger charge is -2.49. The minimum atomic E-state index is -1.29. The van der Waals surface area contributed by atoms with E-state index in [1.54, 1.807) is 0 Å². The molecule has 0 radical (unpaired) electrons. The summed E-state index contributed by atoms with van der Waals surface area (Å²) in [5, 5.41) is 32.3. The highest BCUT2D eigenvalue weighted by atomic mass is 16.7. The minimum Gasteiger partial charge on any atom is -0.467 e. The fourth-order valence-electron chi connectivity index (χ4n) is 3.56. The van der Waals surface area contributed by atoms with Crippen LogP contribution < -0.4 is 0 Å². The summed E-state index contributed by atoms with van der Waals surface area (Å²) in [7, 11) is 1.26. The number of esters is 1. The van der Waals surface area contributed by atoms with Crippen LogP contribution in [0.25, 0.3) is 0 Å². The van der Waals surface area contributed by atoms with E-state index in [1.165, 1.54) is 7.11 Å². The molecule has 0 amide bonds. The Kier molecular flexibility index (Phi) is 10.1. The predicted octanol–water partition coefficient (Wildman–Crippen LogP) is 0.995. The van der Waals surface area contributed by atoms with Crippen LogP contribution in [0.1, 0.15) is 53.4 Å². The molecule has 0 aromatic rings. The molecule has 27 heavy (non-hydrogen) atoms. The van der Waals surface area contributed by atoms with Crippen LogP contribution in [-0.4, -0.2) is 77.9 Å². The Balaban J connectivity index is 3.00. The average molecular weight is 392 g/mol. The van der Waals surface area contributed by atoms with E-state index in [-0.39, 0.29) is 19.3 Å². The van der Waals surface area contributed by atoms with Gasteiger partial charge in [0.25, 0.3) is 0 Å². The summed E-state index contributed by atoms with van der Waals surface area (Å²) in [6, 6.07) is 0. The molecule has 0 aliphatic carbocycles. The first kappa shape index (κ1) is 24.3. The number of carbonyl (C=O) groups is 1. The van der Waals surface area contributed by atoms with Gasteiger partial charge in [-0.3, -0.25) is 0 Å². The monoisotopic (exact) mass is 392 g/mol. The van der Waals surface area contributed by atoms with E-state index in [9.17, 15) is 20.1 Å². The molecule has 0 bridgehead atoms. The van der Waals surface area contributed by atoms with Crippen molar-refractivity contribution in [3.63, 3.8) is 0 Å². The van der Waals surface area contributed by atoms with Gasteiger partial charge < -0.3 is 34.3 Å². The third-order valence-electron chi connectivity index (χ3n) is 5.52. The summed E-state index contributed by atoms with van der Waals surface area (Å²) in [6.07, 6.45) is -2.25. The summed E-state index contributed by atoms with van der Waals surface area (Å²) in [4.78, 5) is 11.3. The van der Waals surface area contributed by atoms with Crippen molar-refractivity contribution in [1.82, 2.24) is 0 Å². The van der Waals surface area contributed by atoms with E-state index >= 15 is 0 Å². The lowest BCUT2D eigenvalue weighted by Crippen LogP contribution is -2.63. The molecule has 0 spiro atoms. The molecule has 8 nitrogen and oxygen atoms in total. The molecular formula is C19H36O8. The molecule has 160 valence electrons. The van der Waals surface area contributed by atoms with Crippen LogP contribution >= 0.6 is 0 Å². The molecule has 1 heterocycles. The standard InChI is InChI=1S/C19H36O8/c1-6-12(7-2)26-18-17(22)16(21)15(19(23,8-3)9-4)13(27-18)10-25-11-14(20)24-5/h12-13,15-18,21-23H,6-11H2,1-5H3. The molecule has 3 N–H and O–H groups in total. The van der Waals surface area contributed by atoms with Crippen LogP contribution in [0.3, 0.4) is 0 Å². The Labute approximate surface area is 161 Å². The van der Waals surface area contributed by atoms with Gasteiger partial charge in [0.15, 0.2) is 6.29 Å². The van der Waals surface area contributed by atoms with Crippen LogP contribution in [0.15, 0.2) is 0 Å². The van der Waals surface area contributed by atoms with E-state index in [1.807, 2.05) is 27.7 Å². The van der Waals surface area contributed by atoms with Crippen molar-refractivity contribution in [3.05, 3.63) is 0 Å². The topological polar surface area (TPSA) is 115 Å². The molecule has 1 aliphatic rings. The molecule has 0 saturated carbocycles. The van der Waals surface area contributed by atoms with E-state index in [0.29, 0.717) is 12.8 Å². The fourth-order valence-corrected chi connectivity index (χ4v) is 3.56. The Morgan fingerprint density at radius 1 is 1.11 bits per heavy atom. The summed E-state index contributed by atoms with van der Waals surface area (Å²) >= 11 is 0. The van der Waals surface area contributed by atoms with Crippen molar-refractivity contribution < 1.29 is 39.1 Å². The maximum Gasteiger partial charge on any atom is 0.331 e. The van der Waals surface area contributed by atoms with E-state index in [2.05, 4.69) is 4.74 Å². The smallest absolute Gasteiger partial charge is 0.331 e. The van der Waals surface area contributed by atoms with E-state index in [0.717, 1.165) is 12.8 Å². The van der Waals surface area contributed by atoms with Crippen molar-refractivity contribution >= 4 is 5.97 Å². The fraction of sp³-hybridized carbons (Fsp3) is 0.947. The Morgan fingerprint density at radius 3 is 2.19 bits per heavy atom. The van der Waals surface area contributed by atoms with Crippen LogP contribution in [0.2, 0.25) is 0 Å². The molecule has 1 rings (SSSR count). The summed E-state index contributed by atoms with van der Waals surface area (Å²) in [5.74, 6) is -1.32. The van der Waals surface area contributed by atoms with Gasteiger partial charge in [-0.25, -0.2) is 4.79 Å². The Bertz CT molecular complexity index is 435. The zero-order valence-corrected chi connectivity index (χ0v) is 17.1. The Hall–Kier alpha value is -0.770. The van der Waals surface area contributed by atoms with Crippen LogP contribution in [0.4, 0.5) is 0 Å². The quantitative estimate of drug-likeness (QED) is 0.446. The maximum absolute atomic E-state index is 11.3. The predicted molar refractivity (Wildman–Crippen MR) is 98.0 cm³/mol. The van der Waals surface area contributed by atoms with E-state index in [4.69, 9.17) is 14.2 Å². The molecule has 0 aromatic carbocycles. The van der Waals surface area contributed by atoms with Crippen LogP contribution in [-0.2, 0) is 23.7 Å². The third-order valence-corrected chi connectivity index (χ3v) is 5.52. The van der Waals surface area contributed by atoms with Gasteiger partial charge in [-0.15, -0.1) is 0 Å². The van der Waals surface area contributed by atoms with Gasteiger partial charge in [0.2, 0.25) is 0 Å². The molecule has 1 saturated heterocycles. The average Bonchev–Trinajstić information content (AvgIpc) is 2.68. The molecule has 5 atom stereocenters. The molecule has 1 aliphatic heterocycles. The van der Waals surface area contributed by atoms with Crippen molar-refractivity contribution in [2.75, 3.05) is 20.3 Å². The largest absolute Gasteiger partial charge is 0.467 e. The normalized spacial score (nSPS) is 29.1. The zero-order valence-electron chi connectivity index (χ0n) is 17.1. The van der Waals surface area contributed by atoms with Gasteiger partial charge in [0, 0.05) is 5.92 Å². The summed E-state index contributed by atoms with van der Waals surface area (Å²) in [5.41, 5.74) is -1.25. The SMILES string of the molecule is CCC(CC)OC1OC(COCC(=O)OC)C(C(O)(CC)CC)C(O)C1O. The molecule has 8 heteroatoms. The lowest BCUT2D eigenvalue weighted by atomic mass is 9.73. The van der Waals surface area contributed by atoms with Gasteiger partial charge in [0.1, 0.15) is 12.7 Å². The van der Waals surface area contributed by atoms with Gasteiger partial charge >= 0.3 is 5.97 Å². The second-order valence-corrected chi connectivity index (χ2v) is 7.03. The van der Waals surface area contributed by atoms with Crippen molar-refractivity contribution in [2.45, 2.75) is 89.7 Å². The second kappa shape index (κ2) is 11.3. The van der Waals surface area contributed by atoms with Crippen LogP contribution in [0.5, 0.6) is 0 Å². The minimum absolute atomic E-state index is 0.0470. The number of ether oxygens (including phenoxy) is 4. The van der Waals surface area contributed by atoms with Gasteiger partial charge in [-0.05, 0) is 25.7 Å². The Morgan fingerprint density at radius 2 is 1.70 bits per heavy atom. The first-order valence-corrected chi connectivity index (χ1v) is 9.81. The molecule has 1 fully saturated rings. The summed E-state index contributed by atoms with van der Waals surface area (Å²) in [6.45, 7) is 7.23. The number of rotatable bonds is 11. The number of aliphatic hydroxyl groups excluding tert-OH is 2. The number of aliphatic hydroxyl groups is 3. The molecule has 0 aromatic heterocycles. The molecule has 5 unspecified atom stereocenters. The van der Waals surface area contributed by atoms with Crippen molar-refractivity contribution in [2.24, 2.45) is 5.92 Å². The first-order valence-electron chi connectivity index (χ1n) is 9.81. The summed E-state index contributed by atoms with van der Waals surface area (Å²) < 4.78 is 21.7. The highest BCUT2D eigenvalue weighted by Gasteiger charge is 2.53. The zero-order chi connectivity index (χ0) is 20.6. The number of hydrogen-bond acceptors (Lipinski definition) is 8. The maximum atomic E-state index is 11.3. The highest BCUT2D eigenvalue weighted by molar-refractivity contribution is 5.70. The highest BCUT2D eigenvalue weighted by Crippen LogP contribution is 2.38. The molecular weight excluding hydrogens is 356 g/mol.